The topological polar surface area (TPSA) is 98.7 Å². The highest BCUT2D eigenvalue weighted by Gasteiger charge is 2.59. The molecule has 8 unspecified atom stereocenters. The highest BCUT2D eigenvalue weighted by Crippen LogP contribution is 2.67. The quantitative estimate of drug-likeness (QED) is 0.0726. The molecule has 4 aliphatic carbocycles. The Kier molecular flexibility index (Phi) is 19.4. The molecule has 316 valence electrons. The second-order valence-electron chi connectivity index (χ2n) is 20.8. The van der Waals surface area contributed by atoms with Gasteiger partial charge in [0.1, 0.15) is 6.10 Å². The first-order valence-corrected chi connectivity index (χ1v) is 22.1. The van der Waals surface area contributed by atoms with Crippen molar-refractivity contribution < 1.29 is 14.3 Å². The molecule has 4 rings (SSSR count). The van der Waals surface area contributed by atoms with Crippen molar-refractivity contribution in [2.24, 2.45) is 57.8 Å². The molecule has 8 heteroatoms. The summed E-state index contributed by atoms with van der Waals surface area (Å²) in [6, 6.07) is 0. The van der Waals surface area contributed by atoms with Gasteiger partial charge in [-0.2, -0.15) is 0 Å². The third kappa shape index (κ3) is 13.6. The summed E-state index contributed by atoms with van der Waals surface area (Å²) in [5.41, 5.74) is 14.3. The van der Waals surface area contributed by atoms with Crippen LogP contribution in [0.2, 0.25) is 0 Å². The van der Waals surface area contributed by atoms with Gasteiger partial charge in [-0.1, -0.05) is 91.2 Å². The van der Waals surface area contributed by atoms with Gasteiger partial charge in [0.25, 0.3) is 0 Å². The Balaban J connectivity index is 0.00000504. The minimum Gasteiger partial charge on any atom is -0.462 e. The fourth-order valence-electron chi connectivity index (χ4n) is 11.6. The van der Waals surface area contributed by atoms with E-state index in [1.54, 1.807) is 5.57 Å². The van der Waals surface area contributed by atoms with Gasteiger partial charge in [-0.3, -0.25) is 9.59 Å². The molecule has 0 spiro atoms. The monoisotopic (exact) mass is 798 g/mol. The molecule has 4 N–H and O–H groups in total. The first kappa shape index (κ1) is 49.3. The average Bonchev–Trinajstić information content (AvgIpc) is 3.41. The van der Waals surface area contributed by atoms with Crippen LogP contribution in [0.3, 0.4) is 0 Å². The van der Waals surface area contributed by atoms with Gasteiger partial charge in [-0.05, 0) is 138 Å². The summed E-state index contributed by atoms with van der Waals surface area (Å²) >= 11 is 0. The maximum Gasteiger partial charge on any atom is 0.306 e. The summed E-state index contributed by atoms with van der Waals surface area (Å²) in [5, 5.41) is 0. The van der Waals surface area contributed by atoms with Crippen LogP contribution in [0.25, 0.3) is 0 Å². The lowest BCUT2D eigenvalue weighted by molar-refractivity contribution is -0.153. The number of fused-ring (bicyclic) bond motifs is 5. The third-order valence-electron chi connectivity index (χ3n) is 14.7. The van der Waals surface area contributed by atoms with Gasteiger partial charge < -0.3 is 21.1 Å². The largest absolute Gasteiger partial charge is 0.462 e. The molecule has 0 bridgehead atoms. The average molecular weight is 799 g/mol. The maximum absolute atomic E-state index is 13.4. The molecule has 0 radical (unpaired) electrons. The highest BCUT2D eigenvalue weighted by molar-refractivity contribution is 5.85. The van der Waals surface area contributed by atoms with Gasteiger partial charge in [0.15, 0.2) is 0 Å². The zero-order valence-corrected chi connectivity index (χ0v) is 38.0. The molecule has 0 saturated heterocycles. The molecule has 0 aliphatic heterocycles. The molecule has 0 aromatic rings. The number of halogens is 2. The number of hydrogen-bond acceptors (Lipinski definition) is 5. The zero-order valence-electron chi connectivity index (χ0n) is 36.3. The summed E-state index contributed by atoms with van der Waals surface area (Å²) in [5.74, 6) is 4.79. The Bertz CT molecular complexity index is 1190. The van der Waals surface area contributed by atoms with E-state index in [1.165, 1.54) is 57.8 Å². The van der Waals surface area contributed by atoms with Gasteiger partial charge in [0.05, 0.1) is 6.42 Å². The smallest absolute Gasteiger partial charge is 0.306 e. The van der Waals surface area contributed by atoms with E-state index in [1.807, 2.05) is 18.7 Å². The molecule has 0 aromatic heterocycles. The summed E-state index contributed by atoms with van der Waals surface area (Å²) in [4.78, 5) is 28.5. The molecular weight excluding hydrogens is 713 g/mol. The van der Waals surface area contributed by atoms with Gasteiger partial charge in [0.2, 0.25) is 5.91 Å². The summed E-state index contributed by atoms with van der Waals surface area (Å²) < 4.78 is 6.12. The fourth-order valence-corrected chi connectivity index (χ4v) is 11.6. The summed E-state index contributed by atoms with van der Waals surface area (Å²) in [6.45, 7) is 22.1. The third-order valence-corrected chi connectivity index (χ3v) is 14.7. The van der Waals surface area contributed by atoms with Crippen LogP contribution >= 0.6 is 24.8 Å². The van der Waals surface area contributed by atoms with E-state index in [4.69, 9.17) is 16.2 Å². The number of hydrogen-bond donors (Lipinski definition) is 2. The van der Waals surface area contributed by atoms with Crippen molar-refractivity contribution in [1.29, 1.82) is 0 Å². The van der Waals surface area contributed by atoms with Crippen molar-refractivity contribution in [1.82, 2.24) is 4.90 Å². The summed E-state index contributed by atoms with van der Waals surface area (Å²) in [7, 11) is 0. The number of nitrogens with two attached hydrogens (primary N) is 2. The first-order valence-electron chi connectivity index (χ1n) is 22.1. The van der Waals surface area contributed by atoms with Crippen LogP contribution in [0.1, 0.15) is 191 Å². The van der Waals surface area contributed by atoms with Crippen LogP contribution < -0.4 is 11.5 Å². The second-order valence-corrected chi connectivity index (χ2v) is 20.8. The van der Waals surface area contributed by atoms with E-state index in [9.17, 15) is 9.59 Å². The number of nitrogens with zero attached hydrogens (tertiary/aromatic N) is 1. The second kappa shape index (κ2) is 21.3. The number of esters is 1. The van der Waals surface area contributed by atoms with E-state index in [-0.39, 0.29) is 72.1 Å². The van der Waals surface area contributed by atoms with Crippen LogP contribution in [-0.2, 0) is 14.3 Å². The van der Waals surface area contributed by atoms with Crippen molar-refractivity contribution in [3.63, 3.8) is 0 Å². The molecule has 4 aliphatic rings. The predicted octanol–water partition coefficient (Wildman–Crippen LogP) is 11.6. The number of carbonyl (C=O) groups is 2. The number of unbranched alkanes of at least 4 members (excludes halogenated alkanes) is 4. The lowest BCUT2D eigenvalue weighted by Crippen LogP contribution is -2.51. The standard InChI is InChI=1S/C46H83N3O3.2ClH/c1-33(2)16-15-17-34(3)38-20-21-39-37-19-18-35-32-36(24-27-45(35,8)40(37)25-28-46(38,39)9)52-42(51)23-22-41(50)49(31-29-44(6,7)48)30-14-12-10-11-13-26-43(4,5)47;;/h18,33-34,36-40H,10-17,19-32,47-48H2,1-9H3;2*1H. The van der Waals surface area contributed by atoms with E-state index in [0.29, 0.717) is 12.0 Å². The van der Waals surface area contributed by atoms with Crippen LogP contribution in [0, 0.1) is 46.3 Å². The van der Waals surface area contributed by atoms with Gasteiger partial charge in [0, 0.05) is 37.0 Å². The van der Waals surface area contributed by atoms with Gasteiger partial charge >= 0.3 is 5.97 Å². The highest BCUT2D eigenvalue weighted by atomic mass is 35.5. The molecule has 0 heterocycles. The lowest BCUT2D eigenvalue weighted by Gasteiger charge is -2.58. The number of allylic oxidation sites excluding steroid dienone is 1. The van der Waals surface area contributed by atoms with E-state index >= 15 is 0 Å². The predicted molar refractivity (Wildman–Crippen MR) is 232 cm³/mol. The normalized spacial score (nSPS) is 29.9. The van der Waals surface area contributed by atoms with Crippen LogP contribution in [0.5, 0.6) is 0 Å². The molecule has 6 nitrogen and oxygen atoms in total. The Morgan fingerprint density at radius 2 is 1.48 bits per heavy atom. The zero-order chi connectivity index (χ0) is 38.3. The number of amides is 1. The Hall–Kier alpha value is -0.820. The van der Waals surface area contributed by atoms with Crippen LogP contribution in [0.15, 0.2) is 11.6 Å². The molecular formula is C46H85Cl2N3O3. The van der Waals surface area contributed by atoms with Crippen molar-refractivity contribution in [2.45, 2.75) is 208 Å². The lowest BCUT2D eigenvalue weighted by atomic mass is 9.47. The molecule has 0 aromatic carbocycles. The molecule has 1 amide bonds. The van der Waals surface area contributed by atoms with Crippen molar-refractivity contribution in [2.75, 3.05) is 13.1 Å². The van der Waals surface area contributed by atoms with Crippen molar-refractivity contribution in [3.05, 3.63) is 11.6 Å². The molecule has 54 heavy (non-hydrogen) atoms. The van der Waals surface area contributed by atoms with Crippen LogP contribution in [-0.4, -0.2) is 47.0 Å². The Morgan fingerprint density at radius 3 is 2.15 bits per heavy atom. The SMILES string of the molecule is CC(C)CCCC(C)C1CCC2C3CC=C4CC(OC(=O)CCC(=O)N(CCCCCCCC(C)(C)N)CCC(C)(C)N)CCC4(C)C3CCC12C.Cl.Cl. The Morgan fingerprint density at radius 1 is 0.815 bits per heavy atom. The van der Waals surface area contributed by atoms with Gasteiger partial charge in [-0.25, -0.2) is 0 Å². The number of carbonyl (C=O) groups excluding carboxylic acids is 2. The van der Waals surface area contributed by atoms with Crippen molar-refractivity contribution >= 4 is 36.7 Å². The minimum atomic E-state index is -0.335. The molecule has 8 atom stereocenters. The van der Waals surface area contributed by atoms with E-state index < -0.39 is 0 Å². The number of rotatable bonds is 20. The fraction of sp³-hybridized carbons (Fsp3) is 0.913. The van der Waals surface area contributed by atoms with E-state index in [0.717, 1.165) is 99.8 Å². The summed E-state index contributed by atoms with van der Waals surface area (Å²) in [6.07, 6.45) is 24.1. The minimum absolute atomic E-state index is 0. The maximum atomic E-state index is 13.4. The van der Waals surface area contributed by atoms with Crippen LogP contribution in [0.4, 0.5) is 0 Å². The first-order chi connectivity index (χ1) is 24.3. The van der Waals surface area contributed by atoms with Crippen molar-refractivity contribution in [3.8, 4) is 0 Å². The molecule has 3 fully saturated rings. The van der Waals surface area contributed by atoms with E-state index in [2.05, 4.69) is 54.5 Å². The number of ether oxygens (including phenoxy) is 1. The molecule has 3 saturated carbocycles. The Labute approximate surface area is 345 Å². The van der Waals surface area contributed by atoms with Gasteiger partial charge in [-0.15, -0.1) is 24.8 Å².